The monoisotopic (exact) mass is 172 g/mol. The molecule has 0 rings (SSSR count). The minimum atomic E-state index is 0.874. The lowest BCUT2D eigenvalue weighted by Gasteiger charge is -1.90. The predicted octanol–water partition coefficient (Wildman–Crippen LogP) is 3.21. The first-order valence-electron chi connectivity index (χ1n) is 3.05. The zero-order chi connectivity index (χ0) is 7.98. The molecule has 0 unspecified atom stereocenters. The van der Waals surface area contributed by atoms with Crippen LogP contribution in [0.5, 0.6) is 0 Å². The van der Waals surface area contributed by atoms with Crippen molar-refractivity contribution in [1.82, 2.24) is 0 Å². The van der Waals surface area contributed by atoms with Crippen LogP contribution in [0.15, 0.2) is 34.1 Å². The van der Waals surface area contributed by atoms with Gasteiger partial charge in [0, 0.05) is 4.91 Å². The van der Waals surface area contributed by atoms with Crippen molar-refractivity contribution < 1.29 is 0 Å². The molecule has 0 atom stereocenters. The van der Waals surface area contributed by atoms with E-state index in [1.807, 2.05) is 32.1 Å². The van der Waals surface area contributed by atoms with Crippen LogP contribution >= 0.6 is 25.3 Å². The molecule has 10 heavy (non-hydrogen) atoms. The molecule has 2 heteroatoms. The second-order valence-corrected chi connectivity index (χ2v) is 2.72. The van der Waals surface area contributed by atoms with E-state index < -0.39 is 0 Å². The highest BCUT2D eigenvalue weighted by Gasteiger charge is 1.82. The Morgan fingerprint density at radius 2 is 2.00 bits per heavy atom. The lowest BCUT2D eigenvalue weighted by molar-refractivity contribution is 1.50. The van der Waals surface area contributed by atoms with Crippen molar-refractivity contribution in [3.63, 3.8) is 0 Å². The summed E-state index contributed by atoms with van der Waals surface area (Å²) in [5.41, 5.74) is 1.18. The van der Waals surface area contributed by atoms with Crippen molar-refractivity contribution in [2.45, 2.75) is 13.8 Å². The van der Waals surface area contributed by atoms with Crippen LogP contribution < -0.4 is 0 Å². The second kappa shape index (κ2) is 5.69. The van der Waals surface area contributed by atoms with Crippen LogP contribution in [-0.2, 0) is 0 Å². The summed E-state index contributed by atoms with van der Waals surface area (Å²) < 4.78 is 0. The second-order valence-electron chi connectivity index (χ2n) is 1.94. The van der Waals surface area contributed by atoms with E-state index in [9.17, 15) is 0 Å². The van der Waals surface area contributed by atoms with E-state index in [4.69, 9.17) is 0 Å². The first-order chi connectivity index (χ1) is 4.70. The van der Waals surface area contributed by atoms with Crippen LogP contribution in [0.4, 0.5) is 0 Å². The quantitative estimate of drug-likeness (QED) is 0.464. The molecule has 0 nitrogen and oxygen atoms in total. The molecule has 0 N–H and O–H groups in total. The lowest BCUT2D eigenvalue weighted by Crippen LogP contribution is -1.67. The van der Waals surface area contributed by atoms with Crippen LogP contribution in [0, 0.1) is 0 Å². The lowest BCUT2D eigenvalue weighted by atomic mass is 10.2. The Labute approximate surface area is 73.5 Å². The summed E-state index contributed by atoms with van der Waals surface area (Å²) in [6.45, 7) is 4.01. The molecule has 0 amide bonds. The molecule has 0 aliphatic heterocycles. The molecule has 0 radical (unpaired) electrons. The van der Waals surface area contributed by atoms with E-state index in [1.165, 1.54) is 5.57 Å². The minimum Gasteiger partial charge on any atom is -0.150 e. The van der Waals surface area contributed by atoms with Gasteiger partial charge in [0.25, 0.3) is 0 Å². The van der Waals surface area contributed by atoms with Crippen LogP contribution in [0.2, 0.25) is 0 Å². The van der Waals surface area contributed by atoms with Crippen LogP contribution in [0.1, 0.15) is 13.8 Å². The molecule has 0 bridgehead atoms. The summed E-state index contributed by atoms with van der Waals surface area (Å²) in [6.07, 6.45) is 5.97. The van der Waals surface area contributed by atoms with Gasteiger partial charge in [-0.15, -0.1) is 12.6 Å². The summed E-state index contributed by atoms with van der Waals surface area (Å²) in [7, 11) is 0. The zero-order valence-corrected chi connectivity index (χ0v) is 7.99. The van der Waals surface area contributed by atoms with E-state index >= 15 is 0 Å². The third-order valence-corrected chi connectivity index (χ3v) is 1.68. The molecule has 0 aromatic heterocycles. The minimum absolute atomic E-state index is 0.874. The average Bonchev–Trinajstić information content (AvgIpc) is 1.88. The Morgan fingerprint density at radius 3 is 2.40 bits per heavy atom. The van der Waals surface area contributed by atoms with Gasteiger partial charge in [-0.05, 0) is 25.3 Å². The van der Waals surface area contributed by atoms with Crippen molar-refractivity contribution in [2.24, 2.45) is 0 Å². The van der Waals surface area contributed by atoms with Crippen LogP contribution in [0.25, 0.3) is 0 Å². The number of rotatable bonds is 2. The van der Waals surface area contributed by atoms with Crippen molar-refractivity contribution in [1.29, 1.82) is 0 Å². The van der Waals surface area contributed by atoms with Crippen molar-refractivity contribution in [3.8, 4) is 0 Å². The number of hydrogen-bond donors (Lipinski definition) is 2. The van der Waals surface area contributed by atoms with Gasteiger partial charge in [-0.2, -0.15) is 12.6 Å². The largest absolute Gasteiger partial charge is 0.150 e. The van der Waals surface area contributed by atoms with E-state index in [2.05, 4.69) is 25.3 Å². The van der Waals surface area contributed by atoms with Gasteiger partial charge in [0.05, 0.1) is 0 Å². The molecule has 0 heterocycles. The molecule has 0 fully saturated rings. The molecule has 0 aliphatic carbocycles. The summed E-state index contributed by atoms with van der Waals surface area (Å²) in [6, 6.07) is 0. The molecule has 0 saturated heterocycles. The fourth-order valence-corrected chi connectivity index (χ4v) is 0.860. The molecule has 0 aromatic rings. The first kappa shape index (κ1) is 9.92. The van der Waals surface area contributed by atoms with Gasteiger partial charge < -0.3 is 0 Å². The number of allylic oxidation sites excluding steroid dienone is 4. The Bertz CT molecular complexity index is 176. The topological polar surface area (TPSA) is 0 Å². The molecule has 56 valence electrons. The van der Waals surface area contributed by atoms with Crippen LogP contribution in [0.3, 0.4) is 0 Å². The maximum Gasteiger partial charge on any atom is 0.0103 e. The SMILES string of the molecule is C/C=C/C(C)=C\C(S)=C\S. The normalized spacial score (nSPS) is 14.8. The maximum atomic E-state index is 4.14. The summed E-state index contributed by atoms with van der Waals surface area (Å²) in [4.78, 5) is 0.874. The fraction of sp³-hybridized carbons (Fsp3) is 0.250. The van der Waals surface area contributed by atoms with Gasteiger partial charge in [0.1, 0.15) is 0 Å². The van der Waals surface area contributed by atoms with Gasteiger partial charge in [-0.25, -0.2) is 0 Å². The Balaban J connectivity index is 4.16. The van der Waals surface area contributed by atoms with E-state index in [0.717, 1.165) is 4.91 Å². The third-order valence-electron chi connectivity index (χ3n) is 0.937. The summed E-state index contributed by atoms with van der Waals surface area (Å²) in [5.74, 6) is 0. The van der Waals surface area contributed by atoms with Gasteiger partial charge in [0.2, 0.25) is 0 Å². The fourth-order valence-electron chi connectivity index (χ4n) is 0.582. The summed E-state index contributed by atoms with van der Waals surface area (Å²) >= 11 is 8.09. The number of thiol groups is 2. The highest BCUT2D eigenvalue weighted by Crippen LogP contribution is 2.08. The molecule has 0 spiro atoms. The average molecular weight is 172 g/mol. The molecule has 0 aliphatic rings. The third kappa shape index (κ3) is 4.77. The predicted molar refractivity (Wildman–Crippen MR) is 54.6 cm³/mol. The highest BCUT2D eigenvalue weighted by atomic mass is 32.1. The van der Waals surface area contributed by atoms with E-state index in [1.54, 1.807) is 5.41 Å². The molecule has 0 saturated carbocycles. The van der Waals surface area contributed by atoms with Crippen molar-refractivity contribution >= 4 is 25.3 Å². The van der Waals surface area contributed by atoms with Crippen molar-refractivity contribution in [2.75, 3.05) is 0 Å². The van der Waals surface area contributed by atoms with Gasteiger partial charge in [0.15, 0.2) is 0 Å². The first-order valence-corrected chi connectivity index (χ1v) is 4.01. The van der Waals surface area contributed by atoms with Gasteiger partial charge in [-0.1, -0.05) is 17.7 Å². The standard InChI is InChI=1S/C8H12S2/c1-3-4-7(2)5-8(10)6-9/h3-6,9-10H,1-2H3/b4-3+,7-5-,8-6-. The van der Waals surface area contributed by atoms with Gasteiger partial charge in [-0.3, -0.25) is 0 Å². The van der Waals surface area contributed by atoms with Crippen LogP contribution in [-0.4, -0.2) is 0 Å². The Hall–Kier alpha value is -0.0800. The molecular weight excluding hydrogens is 160 g/mol. The highest BCUT2D eigenvalue weighted by molar-refractivity contribution is 7.88. The van der Waals surface area contributed by atoms with Crippen molar-refractivity contribution in [3.05, 3.63) is 34.1 Å². The smallest absolute Gasteiger partial charge is 0.0103 e. The molecule has 0 aromatic carbocycles. The molecular formula is C8H12S2. The van der Waals surface area contributed by atoms with Gasteiger partial charge >= 0.3 is 0 Å². The Kier molecular flexibility index (Phi) is 5.64. The maximum absolute atomic E-state index is 4.14. The summed E-state index contributed by atoms with van der Waals surface area (Å²) in [5, 5.41) is 1.66. The van der Waals surface area contributed by atoms with E-state index in [-0.39, 0.29) is 0 Å². The Morgan fingerprint density at radius 1 is 1.40 bits per heavy atom. The van der Waals surface area contributed by atoms with E-state index in [0.29, 0.717) is 0 Å². The number of hydrogen-bond acceptors (Lipinski definition) is 2. The zero-order valence-electron chi connectivity index (χ0n) is 6.20.